The van der Waals surface area contributed by atoms with Crippen LogP contribution in [0, 0.1) is 10.1 Å². The fourth-order valence-electron chi connectivity index (χ4n) is 1.39. The Kier molecular flexibility index (Phi) is 2.91. The van der Waals surface area contributed by atoms with E-state index in [1.807, 2.05) is 18.2 Å². The van der Waals surface area contributed by atoms with Gasteiger partial charge in [-0.05, 0) is 12.1 Å². The van der Waals surface area contributed by atoms with Crippen molar-refractivity contribution in [2.45, 2.75) is 0 Å². The van der Waals surface area contributed by atoms with Crippen molar-refractivity contribution in [3.8, 4) is 11.5 Å². The lowest BCUT2D eigenvalue weighted by Gasteiger charge is -2.05. The molecule has 2 rings (SSSR count). The van der Waals surface area contributed by atoms with Crippen LogP contribution in [0.5, 0.6) is 11.5 Å². The topological polar surface area (TPSA) is 78.4 Å². The Morgan fingerprint density at radius 3 is 2.41 bits per heavy atom. The Hall–Kier alpha value is -2.56. The third kappa shape index (κ3) is 2.72. The average molecular weight is 230 g/mol. The Morgan fingerprint density at radius 1 is 1.06 bits per heavy atom. The molecule has 5 nitrogen and oxygen atoms in total. The van der Waals surface area contributed by atoms with Crippen molar-refractivity contribution in [1.29, 1.82) is 0 Å². The summed E-state index contributed by atoms with van der Waals surface area (Å²) >= 11 is 0. The van der Waals surface area contributed by atoms with Gasteiger partial charge in [-0.3, -0.25) is 10.1 Å². The van der Waals surface area contributed by atoms with Crippen LogP contribution in [0.4, 0.5) is 11.4 Å². The van der Waals surface area contributed by atoms with Crippen molar-refractivity contribution in [2.24, 2.45) is 0 Å². The van der Waals surface area contributed by atoms with Crippen LogP contribution in [-0.2, 0) is 0 Å². The van der Waals surface area contributed by atoms with Crippen molar-refractivity contribution in [2.75, 3.05) is 5.73 Å². The zero-order valence-corrected chi connectivity index (χ0v) is 8.87. The molecule has 0 heterocycles. The summed E-state index contributed by atoms with van der Waals surface area (Å²) in [7, 11) is 0. The second kappa shape index (κ2) is 4.52. The predicted octanol–water partition coefficient (Wildman–Crippen LogP) is 2.97. The first-order valence-electron chi connectivity index (χ1n) is 4.93. The smallest absolute Gasteiger partial charge is 0.275 e. The molecule has 0 bridgehead atoms. The number of hydrogen-bond acceptors (Lipinski definition) is 4. The summed E-state index contributed by atoms with van der Waals surface area (Å²) in [6.45, 7) is 0. The Balaban J connectivity index is 2.30. The van der Waals surface area contributed by atoms with E-state index in [0.717, 1.165) is 0 Å². The lowest BCUT2D eigenvalue weighted by atomic mass is 10.2. The molecule has 0 saturated heterocycles. The van der Waals surface area contributed by atoms with Gasteiger partial charge in [-0.25, -0.2) is 0 Å². The molecular weight excluding hydrogens is 220 g/mol. The van der Waals surface area contributed by atoms with Crippen LogP contribution in [0.2, 0.25) is 0 Å². The second-order valence-electron chi connectivity index (χ2n) is 3.43. The van der Waals surface area contributed by atoms with Gasteiger partial charge in [0, 0.05) is 17.8 Å². The van der Waals surface area contributed by atoms with Gasteiger partial charge in [0.2, 0.25) is 0 Å². The lowest BCUT2D eigenvalue weighted by molar-refractivity contribution is -0.384. The second-order valence-corrected chi connectivity index (χ2v) is 3.43. The molecule has 0 radical (unpaired) electrons. The van der Waals surface area contributed by atoms with Crippen LogP contribution < -0.4 is 10.5 Å². The van der Waals surface area contributed by atoms with Crippen molar-refractivity contribution < 1.29 is 9.66 Å². The minimum Gasteiger partial charge on any atom is -0.457 e. The monoisotopic (exact) mass is 230 g/mol. The van der Waals surface area contributed by atoms with Crippen LogP contribution in [0.1, 0.15) is 0 Å². The van der Waals surface area contributed by atoms with E-state index in [2.05, 4.69) is 0 Å². The molecule has 0 aliphatic rings. The number of benzene rings is 2. The molecular formula is C12H10N2O3. The van der Waals surface area contributed by atoms with Gasteiger partial charge in [-0.2, -0.15) is 0 Å². The maximum Gasteiger partial charge on any atom is 0.275 e. The van der Waals surface area contributed by atoms with Gasteiger partial charge in [0.1, 0.15) is 11.5 Å². The van der Waals surface area contributed by atoms with Crippen molar-refractivity contribution in [1.82, 2.24) is 0 Å². The summed E-state index contributed by atoms with van der Waals surface area (Å²) in [5.41, 5.74) is 5.78. The van der Waals surface area contributed by atoms with Gasteiger partial charge in [-0.15, -0.1) is 0 Å². The first-order chi connectivity index (χ1) is 8.15. The molecule has 2 aromatic carbocycles. The lowest BCUT2D eigenvalue weighted by Crippen LogP contribution is -1.93. The van der Waals surface area contributed by atoms with E-state index >= 15 is 0 Å². The van der Waals surface area contributed by atoms with E-state index in [-0.39, 0.29) is 5.69 Å². The minimum absolute atomic E-state index is 0.0871. The molecule has 0 amide bonds. The van der Waals surface area contributed by atoms with Crippen LogP contribution >= 0.6 is 0 Å². The third-order valence-corrected chi connectivity index (χ3v) is 2.10. The highest BCUT2D eigenvalue weighted by Gasteiger charge is 2.09. The Bertz CT molecular complexity index is 541. The van der Waals surface area contributed by atoms with E-state index in [4.69, 9.17) is 10.5 Å². The summed E-state index contributed by atoms with van der Waals surface area (Å²) < 4.78 is 5.47. The number of para-hydroxylation sites is 1. The summed E-state index contributed by atoms with van der Waals surface area (Å²) in [5.74, 6) is 0.954. The molecule has 0 aromatic heterocycles. The molecule has 2 aromatic rings. The molecule has 2 N–H and O–H groups in total. The van der Waals surface area contributed by atoms with Gasteiger partial charge in [-0.1, -0.05) is 18.2 Å². The minimum atomic E-state index is -0.506. The highest BCUT2D eigenvalue weighted by Crippen LogP contribution is 2.28. The average Bonchev–Trinajstić information content (AvgIpc) is 2.29. The first-order valence-corrected chi connectivity index (χ1v) is 4.93. The Labute approximate surface area is 97.6 Å². The number of ether oxygens (including phenoxy) is 1. The van der Waals surface area contributed by atoms with E-state index in [0.29, 0.717) is 17.2 Å². The molecule has 0 unspecified atom stereocenters. The largest absolute Gasteiger partial charge is 0.457 e. The van der Waals surface area contributed by atoms with Gasteiger partial charge in [0.25, 0.3) is 5.69 Å². The summed E-state index contributed by atoms with van der Waals surface area (Å²) in [4.78, 5) is 10.1. The summed E-state index contributed by atoms with van der Waals surface area (Å²) in [6, 6.07) is 13.2. The molecule has 0 fully saturated rings. The van der Waals surface area contributed by atoms with Gasteiger partial charge in [0.15, 0.2) is 0 Å². The fraction of sp³-hybridized carbons (Fsp3) is 0. The molecule has 0 aliphatic heterocycles. The number of nitrogen functional groups attached to an aromatic ring is 1. The number of nitro benzene ring substituents is 1. The zero-order valence-electron chi connectivity index (χ0n) is 8.87. The predicted molar refractivity (Wildman–Crippen MR) is 64.0 cm³/mol. The number of nitro groups is 1. The molecule has 5 heteroatoms. The summed E-state index contributed by atoms with van der Waals surface area (Å²) in [6.07, 6.45) is 0. The highest BCUT2D eigenvalue weighted by atomic mass is 16.6. The van der Waals surface area contributed by atoms with Crippen molar-refractivity contribution in [3.05, 3.63) is 58.6 Å². The molecule has 0 aliphatic carbocycles. The normalized spacial score (nSPS) is 9.88. The maximum absolute atomic E-state index is 10.7. The molecule has 17 heavy (non-hydrogen) atoms. The van der Waals surface area contributed by atoms with Crippen LogP contribution in [0.3, 0.4) is 0 Å². The van der Waals surface area contributed by atoms with Gasteiger partial charge < -0.3 is 10.5 Å². The van der Waals surface area contributed by atoms with E-state index in [1.165, 1.54) is 12.1 Å². The maximum atomic E-state index is 10.7. The van der Waals surface area contributed by atoms with Gasteiger partial charge in [0.05, 0.1) is 11.0 Å². The Morgan fingerprint density at radius 2 is 1.76 bits per heavy atom. The van der Waals surface area contributed by atoms with Crippen LogP contribution in [-0.4, -0.2) is 4.92 Å². The SMILES string of the molecule is Nc1cc(Oc2ccccc2)cc([N+](=O)[O-])c1. The highest BCUT2D eigenvalue weighted by molar-refractivity contribution is 5.54. The standard InChI is InChI=1S/C12H10N2O3/c13-9-6-10(14(15)16)8-12(7-9)17-11-4-2-1-3-5-11/h1-8H,13H2. The number of rotatable bonds is 3. The molecule has 0 atom stereocenters. The number of anilines is 1. The van der Waals surface area contributed by atoms with E-state index < -0.39 is 4.92 Å². The number of nitrogens with two attached hydrogens (primary N) is 1. The quantitative estimate of drug-likeness (QED) is 0.499. The molecule has 0 saturated carbocycles. The number of hydrogen-bond donors (Lipinski definition) is 1. The van der Waals surface area contributed by atoms with Gasteiger partial charge >= 0.3 is 0 Å². The van der Waals surface area contributed by atoms with Crippen LogP contribution in [0.25, 0.3) is 0 Å². The van der Waals surface area contributed by atoms with Crippen molar-refractivity contribution >= 4 is 11.4 Å². The molecule has 86 valence electrons. The van der Waals surface area contributed by atoms with E-state index in [9.17, 15) is 10.1 Å². The van der Waals surface area contributed by atoms with Crippen LogP contribution in [0.15, 0.2) is 48.5 Å². The fourth-order valence-corrected chi connectivity index (χ4v) is 1.39. The third-order valence-electron chi connectivity index (χ3n) is 2.10. The summed E-state index contributed by atoms with van der Waals surface area (Å²) in [5, 5.41) is 10.7. The number of nitrogens with zero attached hydrogens (tertiary/aromatic N) is 1. The first kappa shape index (κ1) is 10.9. The van der Waals surface area contributed by atoms with E-state index in [1.54, 1.807) is 18.2 Å². The number of non-ortho nitro benzene ring substituents is 1. The van der Waals surface area contributed by atoms with Crippen molar-refractivity contribution in [3.63, 3.8) is 0 Å². The zero-order chi connectivity index (χ0) is 12.3. The molecule has 0 spiro atoms.